The smallest absolute Gasteiger partial charge is 0.306 e. The van der Waals surface area contributed by atoms with Gasteiger partial charge >= 0.3 is 11.4 Å². The van der Waals surface area contributed by atoms with Gasteiger partial charge in [0.15, 0.2) is 0 Å². The minimum atomic E-state index is -0.258. The maximum Gasteiger partial charge on any atom is 0.326 e. The molecule has 130 valence electrons. The zero-order valence-electron chi connectivity index (χ0n) is 14.5. The molecule has 0 unspecified atom stereocenters. The molecule has 3 N–H and O–H groups in total. The number of aromatic nitrogens is 4. The molecular formula is C20H18N4O2. The molecule has 2 aromatic heterocycles. The molecule has 26 heavy (non-hydrogen) atoms. The van der Waals surface area contributed by atoms with Crippen molar-refractivity contribution in [1.82, 2.24) is 19.5 Å². The van der Waals surface area contributed by atoms with E-state index in [1.807, 2.05) is 36.4 Å². The molecule has 0 aliphatic rings. The maximum absolute atomic E-state index is 12.3. The van der Waals surface area contributed by atoms with E-state index in [0.29, 0.717) is 18.0 Å². The molecule has 0 aliphatic carbocycles. The van der Waals surface area contributed by atoms with Crippen molar-refractivity contribution in [3.63, 3.8) is 0 Å². The van der Waals surface area contributed by atoms with Crippen molar-refractivity contribution in [1.29, 1.82) is 0 Å². The Labute approximate surface area is 148 Å². The Hall–Kier alpha value is -3.46. The molecule has 4 aromatic rings. The molecule has 0 bridgehead atoms. The number of nitrogens with zero attached hydrogens (tertiary/aromatic N) is 1. The molecule has 0 fully saturated rings. The second-order valence-corrected chi connectivity index (χ2v) is 6.69. The quantitative estimate of drug-likeness (QED) is 0.487. The van der Waals surface area contributed by atoms with Crippen LogP contribution in [0.3, 0.4) is 0 Å². The number of fused-ring (bicyclic) bond motifs is 2. The molecule has 0 spiro atoms. The van der Waals surface area contributed by atoms with Gasteiger partial charge in [0.25, 0.3) is 0 Å². The summed E-state index contributed by atoms with van der Waals surface area (Å²) >= 11 is 0. The van der Waals surface area contributed by atoms with Gasteiger partial charge in [-0.1, -0.05) is 37.8 Å². The Bertz CT molecular complexity index is 1290. The number of hydrogen-bond acceptors (Lipinski definition) is 2. The summed E-state index contributed by atoms with van der Waals surface area (Å²) < 4.78 is 1.75. The van der Waals surface area contributed by atoms with Gasteiger partial charge in [-0.2, -0.15) is 0 Å². The summed E-state index contributed by atoms with van der Waals surface area (Å²) in [5, 5.41) is 0. The Kier molecular flexibility index (Phi) is 3.77. The lowest BCUT2D eigenvalue weighted by Gasteiger charge is -2.06. The number of imidazole rings is 2. The van der Waals surface area contributed by atoms with Crippen LogP contribution in [0.25, 0.3) is 22.1 Å². The first-order valence-electron chi connectivity index (χ1n) is 8.47. The molecular weight excluding hydrogens is 328 g/mol. The van der Waals surface area contributed by atoms with Gasteiger partial charge in [-0.25, -0.2) is 9.59 Å². The van der Waals surface area contributed by atoms with E-state index in [1.165, 1.54) is 0 Å². The highest BCUT2D eigenvalue weighted by Crippen LogP contribution is 2.17. The SMILES string of the molecule is CC(C)Cn1c(=O)[nH]c2c(C#Cc3cccc4[nH]c(=O)[nH]c34)cccc21. The van der Waals surface area contributed by atoms with E-state index in [0.717, 1.165) is 27.7 Å². The van der Waals surface area contributed by atoms with Gasteiger partial charge in [-0.05, 0) is 30.2 Å². The fraction of sp³-hybridized carbons (Fsp3) is 0.200. The van der Waals surface area contributed by atoms with Crippen molar-refractivity contribution in [2.45, 2.75) is 20.4 Å². The minimum absolute atomic E-state index is 0.125. The topological polar surface area (TPSA) is 86.4 Å². The molecule has 0 amide bonds. The fourth-order valence-electron chi connectivity index (χ4n) is 3.13. The predicted octanol–water partition coefficient (Wildman–Crippen LogP) is 2.55. The van der Waals surface area contributed by atoms with Crippen molar-refractivity contribution in [2.24, 2.45) is 5.92 Å². The Morgan fingerprint density at radius 1 is 0.923 bits per heavy atom. The molecule has 6 heteroatoms. The van der Waals surface area contributed by atoms with E-state index < -0.39 is 0 Å². The number of H-pyrrole nitrogens is 3. The van der Waals surface area contributed by atoms with Crippen molar-refractivity contribution in [2.75, 3.05) is 0 Å². The van der Waals surface area contributed by atoms with Crippen molar-refractivity contribution >= 4 is 22.1 Å². The van der Waals surface area contributed by atoms with Gasteiger partial charge in [0, 0.05) is 6.54 Å². The third kappa shape index (κ3) is 2.74. The lowest BCUT2D eigenvalue weighted by molar-refractivity contribution is 0.522. The highest BCUT2D eigenvalue weighted by atomic mass is 16.1. The third-order valence-corrected chi connectivity index (χ3v) is 4.24. The third-order valence-electron chi connectivity index (χ3n) is 4.24. The van der Waals surface area contributed by atoms with Crippen molar-refractivity contribution in [3.05, 3.63) is 68.5 Å². The molecule has 2 aromatic carbocycles. The molecule has 0 radical (unpaired) electrons. The molecule has 4 rings (SSSR count). The van der Waals surface area contributed by atoms with Crippen LogP contribution >= 0.6 is 0 Å². The second kappa shape index (κ2) is 6.12. The van der Waals surface area contributed by atoms with E-state index >= 15 is 0 Å². The number of aromatic amines is 3. The van der Waals surface area contributed by atoms with Gasteiger partial charge < -0.3 is 15.0 Å². The highest BCUT2D eigenvalue weighted by Gasteiger charge is 2.10. The maximum atomic E-state index is 12.3. The average Bonchev–Trinajstić information content (AvgIpc) is 3.13. The first kappa shape index (κ1) is 16.0. The molecule has 6 nitrogen and oxygen atoms in total. The standard InChI is InChI=1S/C20H18N4O2/c1-12(2)11-24-16-8-4-6-14(18(16)23-20(24)26)10-9-13-5-3-7-15-17(13)22-19(25)21-15/h3-8,12H,11H2,1-2H3,(H,23,26)(H2,21,22,25). The molecule has 0 aliphatic heterocycles. The summed E-state index contributed by atoms with van der Waals surface area (Å²) in [6.45, 7) is 4.81. The lowest BCUT2D eigenvalue weighted by Crippen LogP contribution is -2.19. The van der Waals surface area contributed by atoms with Crippen LogP contribution in [0.4, 0.5) is 0 Å². The van der Waals surface area contributed by atoms with Gasteiger partial charge in [-0.15, -0.1) is 0 Å². The predicted molar refractivity (Wildman–Crippen MR) is 102 cm³/mol. The fourth-order valence-corrected chi connectivity index (χ4v) is 3.13. The summed E-state index contributed by atoms with van der Waals surface area (Å²) in [6.07, 6.45) is 0. The normalized spacial score (nSPS) is 11.2. The highest BCUT2D eigenvalue weighted by molar-refractivity contribution is 5.84. The Morgan fingerprint density at radius 2 is 1.62 bits per heavy atom. The van der Waals surface area contributed by atoms with Gasteiger partial charge in [-0.3, -0.25) is 4.57 Å². The minimum Gasteiger partial charge on any atom is -0.306 e. The largest absolute Gasteiger partial charge is 0.326 e. The zero-order chi connectivity index (χ0) is 18.3. The summed E-state index contributed by atoms with van der Waals surface area (Å²) in [5.41, 5.74) is 4.08. The number of benzene rings is 2. The number of para-hydroxylation sites is 2. The van der Waals surface area contributed by atoms with Crippen LogP contribution in [0, 0.1) is 17.8 Å². The summed E-state index contributed by atoms with van der Waals surface area (Å²) in [5.74, 6) is 6.60. The van der Waals surface area contributed by atoms with Gasteiger partial charge in [0.05, 0.1) is 33.2 Å². The monoisotopic (exact) mass is 346 g/mol. The van der Waals surface area contributed by atoms with Gasteiger partial charge in [0.1, 0.15) is 0 Å². The summed E-state index contributed by atoms with van der Waals surface area (Å²) in [6, 6.07) is 11.2. The van der Waals surface area contributed by atoms with Crippen LogP contribution < -0.4 is 11.4 Å². The first-order valence-corrected chi connectivity index (χ1v) is 8.47. The van der Waals surface area contributed by atoms with E-state index in [-0.39, 0.29) is 11.4 Å². The number of rotatable bonds is 2. The Balaban J connectivity index is 1.85. The van der Waals surface area contributed by atoms with Crippen LogP contribution in [0.1, 0.15) is 25.0 Å². The van der Waals surface area contributed by atoms with Crippen LogP contribution in [0.15, 0.2) is 46.0 Å². The summed E-state index contributed by atoms with van der Waals surface area (Å²) in [7, 11) is 0. The van der Waals surface area contributed by atoms with E-state index in [9.17, 15) is 9.59 Å². The van der Waals surface area contributed by atoms with E-state index in [2.05, 4.69) is 40.6 Å². The van der Waals surface area contributed by atoms with Crippen LogP contribution in [0.5, 0.6) is 0 Å². The van der Waals surface area contributed by atoms with E-state index in [1.54, 1.807) is 4.57 Å². The van der Waals surface area contributed by atoms with Crippen LogP contribution in [-0.2, 0) is 6.54 Å². The Morgan fingerprint density at radius 3 is 2.35 bits per heavy atom. The average molecular weight is 346 g/mol. The number of hydrogen-bond donors (Lipinski definition) is 3. The van der Waals surface area contributed by atoms with E-state index in [4.69, 9.17) is 0 Å². The second-order valence-electron chi connectivity index (χ2n) is 6.69. The first-order chi connectivity index (χ1) is 12.5. The summed E-state index contributed by atoms with van der Waals surface area (Å²) in [4.78, 5) is 32.2. The van der Waals surface area contributed by atoms with Crippen LogP contribution in [-0.4, -0.2) is 19.5 Å². The molecule has 2 heterocycles. The molecule has 0 saturated carbocycles. The van der Waals surface area contributed by atoms with Crippen molar-refractivity contribution < 1.29 is 0 Å². The molecule has 0 saturated heterocycles. The van der Waals surface area contributed by atoms with Crippen molar-refractivity contribution in [3.8, 4) is 11.8 Å². The van der Waals surface area contributed by atoms with Gasteiger partial charge in [0.2, 0.25) is 0 Å². The number of nitrogens with one attached hydrogen (secondary N) is 3. The lowest BCUT2D eigenvalue weighted by atomic mass is 10.1. The molecule has 0 atom stereocenters. The zero-order valence-corrected chi connectivity index (χ0v) is 14.5. The van der Waals surface area contributed by atoms with Crippen LogP contribution in [0.2, 0.25) is 0 Å².